The molecule has 6 amide bonds. The van der Waals surface area contributed by atoms with E-state index in [9.17, 15) is 50.7 Å². The smallest absolute Gasteiger partial charge is 0.369 e. The molecule has 77 heavy (non-hydrogen) atoms. The van der Waals surface area contributed by atoms with Crippen molar-refractivity contribution >= 4 is 46.2 Å². The van der Waals surface area contributed by atoms with E-state index in [4.69, 9.17) is 9.47 Å². The Bertz CT molecular complexity index is 3220. The number of benzene rings is 2. The lowest BCUT2D eigenvalue weighted by Gasteiger charge is -2.33. The van der Waals surface area contributed by atoms with Crippen molar-refractivity contribution in [2.24, 2.45) is 5.92 Å². The fraction of sp³-hybridized carbons (Fsp3) is 0.462. The van der Waals surface area contributed by atoms with Crippen molar-refractivity contribution in [2.75, 3.05) is 65.6 Å². The Balaban J connectivity index is 0.000000175. The Kier molecular flexibility index (Phi) is 15.4. The van der Waals surface area contributed by atoms with Gasteiger partial charge in [0.25, 0.3) is 0 Å². The minimum Gasteiger partial charge on any atom is -0.369 e. The predicted octanol–water partition coefficient (Wildman–Crippen LogP) is 5.33. The number of H-pyrrole nitrogens is 2. The number of carbonyl (C=O) groups excluding carboxylic acids is 4. The monoisotopic (exact) mass is 1070 g/mol. The van der Waals surface area contributed by atoms with E-state index in [1.807, 2.05) is 47.4 Å². The molecular weight excluding hydrogens is 1020 g/mol. The quantitative estimate of drug-likeness (QED) is 0.136. The number of hydrogen-bond donors (Lipinski definition) is 4. The molecule has 0 bridgehead atoms. The highest BCUT2D eigenvalue weighted by molar-refractivity contribution is 5.88. The van der Waals surface area contributed by atoms with Gasteiger partial charge in [0.1, 0.15) is 30.8 Å². The first kappa shape index (κ1) is 52.8. The average Bonchev–Trinajstić information content (AvgIpc) is 4.15. The van der Waals surface area contributed by atoms with E-state index in [0.29, 0.717) is 79.5 Å². The molecule has 1 aliphatic carbocycles. The fourth-order valence-electron chi connectivity index (χ4n) is 10.6. The number of aromatic nitrogens is 6. The highest BCUT2D eigenvalue weighted by Crippen LogP contribution is 2.33. The molecule has 0 unspecified atom stereocenters. The van der Waals surface area contributed by atoms with Crippen molar-refractivity contribution in [3.05, 3.63) is 129 Å². The molecule has 11 rings (SSSR count). The third-order valence-corrected chi connectivity index (χ3v) is 14.8. The summed E-state index contributed by atoms with van der Waals surface area (Å²) in [6.07, 6.45) is 1.22. The summed E-state index contributed by atoms with van der Waals surface area (Å²) in [7, 11) is 0. The molecule has 408 valence electrons. The summed E-state index contributed by atoms with van der Waals surface area (Å²) in [5.74, 6) is -3.10. The van der Waals surface area contributed by atoms with Crippen molar-refractivity contribution < 1.29 is 50.6 Å². The van der Waals surface area contributed by atoms with Gasteiger partial charge in [-0.2, -0.15) is 13.2 Å². The zero-order chi connectivity index (χ0) is 54.0. The second kappa shape index (κ2) is 22.5. The highest BCUT2D eigenvalue weighted by Gasteiger charge is 2.42. The van der Waals surface area contributed by atoms with E-state index < -0.39 is 67.6 Å². The normalized spacial score (nSPS) is 22.1. The molecule has 5 fully saturated rings. The SMILES string of the molecule is O=C(N[C@@H]1CO[C@@H](c2cccc(F)c2F)CN(CC(F)(F)F)C1=O)N1CCC(n2c(=O)[nH]c3ncccc32)CC1.O=C(N[C@@H]1CO[C@@H](c2ccccc2)CN(CC2CC2)C1=O)N1CCC(n2c(=O)[nH]c3ncccc32)CC1. The van der Waals surface area contributed by atoms with E-state index in [1.54, 1.807) is 38.6 Å². The molecule has 1 saturated carbocycles. The number of halogens is 5. The first-order valence-electron chi connectivity index (χ1n) is 25.7. The van der Waals surface area contributed by atoms with Crippen LogP contribution in [0.25, 0.3) is 22.3 Å². The highest BCUT2D eigenvalue weighted by atomic mass is 19.4. The lowest BCUT2D eigenvalue weighted by Crippen LogP contribution is -2.55. The Morgan fingerprint density at radius 3 is 1.65 bits per heavy atom. The Labute approximate surface area is 436 Å². The van der Waals surface area contributed by atoms with Gasteiger partial charge in [0, 0.05) is 62.8 Å². The number of likely N-dealkylation sites (tertiary alicyclic amines) is 2. The minimum atomic E-state index is -4.78. The lowest BCUT2D eigenvalue weighted by molar-refractivity contribution is -0.162. The van der Waals surface area contributed by atoms with Crippen molar-refractivity contribution in [3.63, 3.8) is 0 Å². The third kappa shape index (κ3) is 12.0. The summed E-state index contributed by atoms with van der Waals surface area (Å²) in [6.45, 7) is -0.149. The van der Waals surface area contributed by atoms with Crippen LogP contribution < -0.4 is 22.0 Å². The summed E-state index contributed by atoms with van der Waals surface area (Å²) in [5, 5.41) is 5.38. The van der Waals surface area contributed by atoms with Crippen molar-refractivity contribution in [1.82, 2.24) is 59.3 Å². The van der Waals surface area contributed by atoms with Crippen LogP contribution in [0.5, 0.6) is 0 Å². The van der Waals surface area contributed by atoms with Crippen molar-refractivity contribution in [3.8, 4) is 0 Å². The van der Waals surface area contributed by atoms with Gasteiger partial charge in [-0.05, 0) is 80.3 Å². The third-order valence-electron chi connectivity index (χ3n) is 14.8. The van der Waals surface area contributed by atoms with Crippen LogP contribution in [-0.2, 0) is 19.1 Å². The largest absolute Gasteiger partial charge is 0.406 e. The van der Waals surface area contributed by atoms with E-state index in [2.05, 4.69) is 30.6 Å². The maximum Gasteiger partial charge on any atom is 0.406 e. The van der Waals surface area contributed by atoms with E-state index in [-0.39, 0.29) is 66.8 Å². The molecule has 0 radical (unpaired) electrons. The molecule has 5 aliphatic rings. The van der Waals surface area contributed by atoms with Gasteiger partial charge in [-0.15, -0.1) is 0 Å². The van der Waals surface area contributed by atoms with Crippen LogP contribution >= 0.6 is 0 Å². The Morgan fingerprint density at radius 2 is 1.13 bits per heavy atom. The second-order valence-corrected chi connectivity index (χ2v) is 20.0. The zero-order valence-electron chi connectivity index (χ0n) is 41.7. The number of pyridine rings is 2. The molecule has 4 aliphatic heterocycles. The Hall–Kier alpha value is -7.67. The zero-order valence-corrected chi connectivity index (χ0v) is 41.7. The number of urea groups is 2. The fourth-order valence-corrected chi connectivity index (χ4v) is 10.6. The summed E-state index contributed by atoms with van der Waals surface area (Å²) >= 11 is 0. The molecule has 4 atom stereocenters. The number of hydrogen-bond acceptors (Lipinski definition) is 10. The van der Waals surface area contributed by atoms with Crippen LogP contribution in [0, 0.1) is 17.6 Å². The minimum absolute atomic E-state index is 0.0157. The van der Waals surface area contributed by atoms with Crippen molar-refractivity contribution in [2.45, 2.75) is 81.1 Å². The molecule has 4 aromatic heterocycles. The summed E-state index contributed by atoms with van der Waals surface area (Å²) < 4.78 is 83.1. The molecule has 8 heterocycles. The number of carbonyl (C=O) groups is 4. The maximum atomic E-state index is 14.4. The van der Waals surface area contributed by atoms with Crippen LogP contribution in [-0.4, -0.2) is 156 Å². The number of amides is 6. The molecule has 4 N–H and O–H groups in total. The lowest BCUT2D eigenvalue weighted by atomic mass is 10.0. The number of rotatable bonds is 9. The first-order valence-corrected chi connectivity index (χ1v) is 25.7. The molecule has 20 nitrogen and oxygen atoms in total. The van der Waals surface area contributed by atoms with Crippen LogP contribution in [0.1, 0.15) is 73.9 Å². The maximum absolute atomic E-state index is 14.4. The molecule has 4 saturated heterocycles. The number of piperidine rings is 2. The molecule has 0 spiro atoms. The predicted molar refractivity (Wildman–Crippen MR) is 267 cm³/mol. The first-order chi connectivity index (χ1) is 37.1. The number of nitrogens with zero attached hydrogens (tertiary/aromatic N) is 8. The van der Waals surface area contributed by atoms with Crippen LogP contribution in [0.4, 0.5) is 31.5 Å². The van der Waals surface area contributed by atoms with Gasteiger partial charge in [-0.3, -0.25) is 28.7 Å². The molecule has 6 aromatic rings. The average molecular weight is 1070 g/mol. The number of ether oxygens (including phenoxy) is 2. The van der Waals surface area contributed by atoms with Crippen molar-refractivity contribution in [1.29, 1.82) is 0 Å². The number of alkyl halides is 3. The standard InChI is InChI=1S/C27H32N6O4.C25H25F5N6O4/c34-25-21(17-37-23(19-5-2-1-3-6-19)16-32(25)15-18-8-9-18)29-26(35)31-13-10-20(11-14-31)33-22-7-4-12-28-24(22)30-27(33)36;26-16-4-1-3-15(20(16)27)19-11-35(13-25(28,29)30)22(37)17(12-40-19)32-23(38)34-9-6-14(7-10-34)36-18-5-2-8-31-21(18)33-24(36)39/h1-7,12,18,20-21,23H,8-11,13-17H2,(H,29,35)(H,28,30,36);1-5,8,14,17,19H,6-7,9-13H2,(H,32,38)(H,31,33,39)/t21-,23-;17-,19-/m11/s1. The number of nitrogens with one attached hydrogen (secondary N) is 4. The molecule has 25 heteroatoms. The number of aromatic amines is 2. The summed E-state index contributed by atoms with van der Waals surface area (Å²) in [6, 6.07) is 16.9. The second-order valence-electron chi connectivity index (χ2n) is 20.0. The van der Waals surface area contributed by atoms with Gasteiger partial charge in [0.15, 0.2) is 22.9 Å². The van der Waals surface area contributed by atoms with Crippen LogP contribution in [0.2, 0.25) is 0 Å². The van der Waals surface area contributed by atoms with E-state index in [1.165, 1.54) is 11.0 Å². The van der Waals surface area contributed by atoms with Gasteiger partial charge in [0.05, 0.1) is 37.3 Å². The number of imidazole rings is 2. The van der Waals surface area contributed by atoms with Gasteiger partial charge >= 0.3 is 29.6 Å². The summed E-state index contributed by atoms with van der Waals surface area (Å²) in [5.41, 5.74) is 2.62. The van der Waals surface area contributed by atoms with E-state index in [0.717, 1.165) is 36.1 Å². The van der Waals surface area contributed by atoms with Crippen LogP contribution in [0.3, 0.4) is 0 Å². The van der Waals surface area contributed by atoms with Gasteiger partial charge < -0.3 is 39.7 Å². The number of fused-ring (bicyclic) bond motifs is 2. The Morgan fingerprint density at radius 1 is 0.623 bits per heavy atom. The van der Waals surface area contributed by atoms with Gasteiger partial charge in [0.2, 0.25) is 11.8 Å². The van der Waals surface area contributed by atoms with E-state index >= 15 is 0 Å². The molecule has 2 aromatic carbocycles. The molecular formula is C52H57F5N12O8. The van der Waals surface area contributed by atoms with Crippen LogP contribution in [0.15, 0.2) is 94.8 Å². The van der Waals surface area contributed by atoms with Gasteiger partial charge in [-0.1, -0.05) is 42.5 Å². The van der Waals surface area contributed by atoms with Gasteiger partial charge in [-0.25, -0.2) is 37.9 Å². The topological polar surface area (TPSA) is 225 Å². The summed E-state index contributed by atoms with van der Waals surface area (Å²) in [4.78, 5) is 97.0.